The second-order valence-corrected chi connectivity index (χ2v) is 4.27. The number of nitrogens with zero attached hydrogens (tertiary/aromatic N) is 1. The minimum Gasteiger partial charge on any atom is -0.288 e. The first-order valence-corrected chi connectivity index (χ1v) is 6.23. The van der Waals surface area contributed by atoms with Gasteiger partial charge in [-0.2, -0.15) is 5.10 Å². The van der Waals surface area contributed by atoms with E-state index in [-0.39, 0.29) is 16.9 Å². The van der Waals surface area contributed by atoms with E-state index in [1.165, 1.54) is 60.2 Å². The smallest absolute Gasteiger partial charge is 0.274 e. The summed E-state index contributed by atoms with van der Waals surface area (Å²) < 4.78 is 12.7. The molecule has 22 heavy (non-hydrogen) atoms. The second kappa shape index (κ2) is 7.09. The maximum Gasteiger partial charge on any atom is 0.274 e. The fourth-order valence-corrected chi connectivity index (χ4v) is 1.65. The molecule has 0 bridgehead atoms. The van der Waals surface area contributed by atoms with Gasteiger partial charge in [-0.05, 0) is 35.9 Å². The van der Waals surface area contributed by atoms with Crippen molar-refractivity contribution in [3.05, 3.63) is 71.0 Å². The summed E-state index contributed by atoms with van der Waals surface area (Å²) in [5.41, 5.74) is 4.74. The molecule has 112 valence electrons. The Morgan fingerprint density at radius 1 is 1.05 bits per heavy atom. The monoisotopic (exact) mass is 301 g/mol. The molecule has 0 saturated heterocycles. The molecule has 7 heteroatoms. The van der Waals surface area contributed by atoms with Crippen LogP contribution in [0.15, 0.2) is 53.6 Å². The zero-order chi connectivity index (χ0) is 15.9. The summed E-state index contributed by atoms with van der Waals surface area (Å²) in [5, 5.41) is 12.3. The maximum absolute atomic E-state index is 12.7. The third-order valence-electron chi connectivity index (χ3n) is 2.74. The van der Waals surface area contributed by atoms with Gasteiger partial charge in [0.2, 0.25) is 0 Å². The standard InChI is InChI=1S/C15H12FN3O3/c16-13-6-4-10(5-7-13)9-17-18-14(20)11-2-1-3-12(8-11)15(21)19-22/h1-9,22H,(H,18,20)(H,19,21)/b17-9+. The third-order valence-corrected chi connectivity index (χ3v) is 2.74. The Morgan fingerprint density at radius 3 is 2.32 bits per heavy atom. The number of benzene rings is 2. The van der Waals surface area contributed by atoms with E-state index in [1.54, 1.807) is 0 Å². The van der Waals surface area contributed by atoms with Crippen molar-refractivity contribution in [3.8, 4) is 0 Å². The maximum atomic E-state index is 12.7. The molecule has 2 aromatic rings. The van der Waals surface area contributed by atoms with Crippen molar-refractivity contribution in [2.24, 2.45) is 5.10 Å². The highest BCUT2D eigenvalue weighted by Crippen LogP contribution is 2.05. The van der Waals surface area contributed by atoms with Crippen LogP contribution in [-0.2, 0) is 0 Å². The van der Waals surface area contributed by atoms with Gasteiger partial charge in [0, 0.05) is 11.1 Å². The van der Waals surface area contributed by atoms with E-state index in [0.717, 1.165) is 0 Å². The van der Waals surface area contributed by atoms with Gasteiger partial charge in [-0.25, -0.2) is 15.3 Å². The molecule has 0 fully saturated rings. The van der Waals surface area contributed by atoms with Crippen LogP contribution in [0, 0.1) is 5.82 Å². The van der Waals surface area contributed by atoms with Gasteiger partial charge in [0.05, 0.1) is 6.21 Å². The predicted molar refractivity (Wildman–Crippen MR) is 77.2 cm³/mol. The molecule has 0 aliphatic rings. The molecular weight excluding hydrogens is 289 g/mol. The number of hydroxylamine groups is 1. The summed E-state index contributed by atoms with van der Waals surface area (Å²) in [4.78, 5) is 23.1. The number of hydrazone groups is 1. The van der Waals surface area contributed by atoms with E-state index in [9.17, 15) is 14.0 Å². The first-order valence-electron chi connectivity index (χ1n) is 6.23. The molecule has 0 saturated carbocycles. The van der Waals surface area contributed by atoms with Crippen LogP contribution in [0.5, 0.6) is 0 Å². The van der Waals surface area contributed by atoms with Crippen molar-refractivity contribution < 1.29 is 19.2 Å². The molecule has 6 nitrogen and oxygen atoms in total. The number of hydrogen-bond donors (Lipinski definition) is 3. The van der Waals surface area contributed by atoms with Gasteiger partial charge in [0.15, 0.2) is 0 Å². The Balaban J connectivity index is 2.03. The van der Waals surface area contributed by atoms with Gasteiger partial charge in [0.25, 0.3) is 11.8 Å². The molecule has 0 aliphatic heterocycles. The average molecular weight is 301 g/mol. The predicted octanol–water partition coefficient (Wildman–Crippen LogP) is 1.71. The molecule has 0 radical (unpaired) electrons. The summed E-state index contributed by atoms with van der Waals surface area (Å²) >= 11 is 0. The molecule has 2 amide bonds. The Labute approximate surface area is 125 Å². The molecule has 0 aliphatic carbocycles. The van der Waals surface area contributed by atoms with E-state index < -0.39 is 11.8 Å². The van der Waals surface area contributed by atoms with Gasteiger partial charge in [-0.3, -0.25) is 14.8 Å². The van der Waals surface area contributed by atoms with Crippen molar-refractivity contribution in [1.82, 2.24) is 10.9 Å². The van der Waals surface area contributed by atoms with Crippen molar-refractivity contribution in [2.45, 2.75) is 0 Å². The highest BCUT2D eigenvalue weighted by molar-refractivity contribution is 5.99. The molecule has 0 spiro atoms. The van der Waals surface area contributed by atoms with Crippen molar-refractivity contribution >= 4 is 18.0 Å². The lowest BCUT2D eigenvalue weighted by atomic mass is 10.1. The van der Waals surface area contributed by atoms with Gasteiger partial charge in [-0.15, -0.1) is 0 Å². The fraction of sp³-hybridized carbons (Fsp3) is 0. The number of rotatable bonds is 4. The number of nitrogens with one attached hydrogen (secondary N) is 2. The quantitative estimate of drug-likeness (QED) is 0.456. The van der Waals surface area contributed by atoms with E-state index in [0.29, 0.717) is 5.56 Å². The molecule has 2 aromatic carbocycles. The number of carbonyl (C=O) groups is 2. The van der Waals surface area contributed by atoms with Crippen molar-refractivity contribution in [2.75, 3.05) is 0 Å². The van der Waals surface area contributed by atoms with Crippen LogP contribution in [-0.4, -0.2) is 23.2 Å². The van der Waals surface area contributed by atoms with Crippen molar-refractivity contribution in [3.63, 3.8) is 0 Å². The van der Waals surface area contributed by atoms with E-state index in [1.807, 2.05) is 0 Å². The first-order chi connectivity index (χ1) is 10.6. The minimum absolute atomic E-state index is 0.137. The topological polar surface area (TPSA) is 90.8 Å². The van der Waals surface area contributed by atoms with Crippen LogP contribution in [0.4, 0.5) is 4.39 Å². The largest absolute Gasteiger partial charge is 0.288 e. The molecular formula is C15H12FN3O3. The lowest BCUT2D eigenvalue weighted by molar-refractivity contribution is 0.0706. The first kappa shape index (κ1) is 15.3. The van der Waals surface area contributed by atoms with Gasteiger partial charge in [-0.1, -0.05) is 18.2 Å². The summed E-state index contributed by atoms with van der Waals surface area (Å²) in [7, 11) is 0. The fourth-order valence-electron chi connectivity index (χ4n) is 1.65. The zero-order valence-electron chi connectivity index (χ0n) is 11.3. The van der Waals surface area contributed by atoms with Crippen LogP contribution in [0.1, 0.15) is 26.3 Å². The number of halogens is 1. The highest BCUT2D eigenvalue weighted by Gasteiger charge is 2.09. The highest BCUT2D eigenvalue weighted by atomic mass is 19.1. The number of hydrogen-bond acceptors (Lipinski definition) is 4. The normalized spacial score (nSPS) is 10.5. The van der Waals surface area contributed by atoms with Crippen LogP contribution in [0.25, 0.3) is 0 Å². The number of carbonyl (C=O) groups excluding carboxylic acids is 2. The summed E-state index contributed by atoms with van der Waals surface area (Å²) in [6.45, 7) is 0. The molecule has 0 unspecified atom stereocenters. The Morgan fingerprint density at radius 2 is 1.68 bits per heavy atom. The minimum atomic E-state index is -0.718. The molecule has 2 rings (SSSR count). The summed E-state index contributed by atoms with van der Waals surface area (Å²) in [6.07, 6.45) is 1.36. The van der Waals surface area contributed by atoms with Crippen LogP contribution >= 0.6 is 0 Å². The summed E-state index contributed by atoms with van der Waals surface area (Å²) in [6, 6.07) is 11.3. The Hall–Kier alpha value is -3.06. The Bertz CT molecular complexity index is 714. The van der Waals surface area contributed by atoms with E-state index in [4.69, 9.17) is 5.21 Å². The Kier molecular flexibility index (Phi) is 4.94. The van der Waals surface area contributed by atoms with Crippen LogP contribution in [0.3, 0.4) is 0 Å². The second-order valence-electron chi connectivity index (χ2n) is 4.27. The molecule has 0 atom stereocenters. The van der Waals surface area contributed by atoms with Gasteiger partial charge >= 0.3 is 0 Å². The van der Waals surface area contributed by atoms with Crippen LogP contribution < -0.4 is 10.9 Å². The third kappa shape index (κ3) is 3.97. The molecule has 0 aromatic heterocycles. The number of amides is 2. The lowest BCUT2D eigenvalue weighted by Gasteiger charge is -2.02. The summed E-state index contributed by atoms with van der Waals surface area (Å²) in [5.74, 6) is -1.60. The lowest BCUT2D eigenvalue weighted by Crippen LogP contribution is -2.21. The average Bonchev–Trinajstić information content (AvgIpc) is 2.56. The molecule has 0 heterocycles. The van der Waals surface area contributed by atoms with Crippen molar-refractivity contribution in [1.29, 1.82) is 0 Å². The SMILES string of the molecule is O=C(NO)c1cccc(C(=O)N/N=C/c2ccc(F)cc2)c1. The zero-order valence-corrected chi connectivity index (χ0v) is 11.3. The van der Waals surface area contributed by atoms with E-state index >= 15 is 0 Å². The van der Waals surface area contributed by atoms with E-state index in [2.05, 4.69) is 10.5 Å². The van der Waals surface area contributed by atoms with Gasteiger partial charge in [0.1, 0.15) is 5.82 Å². The molecule has 3 N–H and O–H groups in total. The van der Waals surface area contributed by atoms with Crippen LogP contribution in [0.2, 0.25) is 0 Å². The van der Waals surface area contributed by atoms with Gasteiger partial charge < -0.3 is 0 Å².